The van der Waals surface area contributed by atoms with E-state index in [-0.39, 0.29) is 34.4 Å². The summed E-state index contributed by atoms with van der Waals surface area (Å²) in [7, 11) is 0. The number of allylic oxidation sites excluding steroid dienone is 1. The normalized spacial score (nSPS) is 29.2. The first-order valence-electron chi connectivity index (χ1n) is 8.77. The summed E-state index contributed by atoms with van der Waals surface area (Å²) in [6.45, 7) is 6.91. The number of halogens is 2. The first kappa shape index (κ1) is 18.2. The third-order valence-electron chi connectivity index (χ3n) is 5.36. The maximum atomic E-state index is 14.4. The number of nitrogens with zero attached hydrogens (tertiary/aromatic N) is 1. The van der Waals surface area contributed by atoms with E-state index in [1.54, 1.807) is 12.1 Å². The molecule has 2 aliphatic heterocycles. The van der Waals surface area contributed by atoms with Gasteiger partial charge in [-0.3, -0.25) is 0 Å². The molecule has 2 aliphatic rings. The largest absolute Gasteiger partial charge is 0.495 e. The molecular weight excluding hydrogens is 339 g/mol. The van der Waals surface area contributed by atoms with Crippen molar-refractivity contribution in [2.45, 2.75) is 51.7 Å². The van der Waals surface area contributed by atoms with Gasteiger partial charge in [-0.25, -0.2) is 4.39 Å². The topological polar surface area (TPSA) is 45.0 Å². The second kappa shape index (κ2) is 6.97. The Bertz CT molecular complexity index is 725. The summed E-state index contributed by atoms with van der Waals surface area (Å²) in [5, 5.41) is 13.3. The van der Waals surface area contributed by atoms with Crippen molar-refractivity contribution in [2.75, 3.05) is 6.54 Å². The van der Waals surface area contributed by atoms with Gasteiger partial charge in [-0.1, -0.05) is 37.6 Å². The molecule has 0 amide bonds. The highest BCUT2D eigenvalue weighted by molar-refractivity contribution is 6.30. The van der Waals surface area contributed by atoms with E-state index in [4.69, 9.17) is 16.3 Å². The molecule has 4 unspecified atom stereocenters. The van der Waals surface area contributed by atoms with Crippen molar-refractivity contribution in [2.24, 2.45) is 11.3 Å². The van der Waals surface area contributed by atoms with E-state index in [1.165, 1.54) is 6.07 Å². The zero-order valence-corrected chi connectivity index (χ0v) is 15.6. The van der Waals surface area contributed by atoms with Crippen molar-refractivity contribution in [3.63, 3.8) is 0 Å². The Morgan fingerprint density at radius 2 is 2.20 bits per heavy atom. The van der Waals surface area contributed by atoms with Crippen LogP contribution in [0.1, 0.15) is 45.1 Å². The predicted molar refractivity (Wildman–Crippen MR) is 96.7 cm³/mol. The monoisotopic (exact) mass is 362 g/mol. The Kier molecular flexibility index (Phi) is 5.09. The fourth-order valence-corrected chi connectivity index (χ4v) is 4.16. The van der Waals surface area contributed by atoms with Gasteiger partial charge < -0.3 is 10.1 Å². The molecule has 4 atom stereocenters. The average molecular weight is 363 g/mol. The molecule has 3 rings (SSSR count). The third-order valence-corrected chi connectivity index (χ3v) is 5.65. The lowest BCUT2D eigenvalue weighted by Gasteiger charge is -2.31. The molecule has 3 nitrogen and oxygen atoms in total. The zero-order chi connectivity index (χ0) is 18.2. The smallest absolute Gasteiger partial charge is 0.145 e. The van der Waals surface area contributed by atoms with E-state index in [2.05, 4.69) is 38.2 Å². The summed E-state index contributed by atoms with van der Waals surface area (Å²) >= 11 is 5.92. The summed E-state index contributed by atoms with van der Waals surface area (Å²) in [6.07, 6.45) is 4.05. The Morgan fingerprint density at radius 1 is 1.44 bits per heavy atom. The van der Waals surface area contributed by atoms with E-state index < -0.39 is 5.82 Å². The molecule has 0 saturated carbocycles. The molecule has 1 saturated heterocycles. The molecule has 0 aliphatic carbocycles. The second-order valence-electron chi connectivity index (χ2n) is 7.74. The molecule has 1 aromatic rings. The van der Waals surface area contributed by atoms with E-state index >= 15 is 0 Å². The number of nitrogens with one attached hydrogen (secondary N) is 1. The molecule has 5 heteroatoms. The van der Waals surface area contributed by atoms with Crippen molar-refractivity contribution in [3.8, 4) is 6.07 Å². The van der Waals surface area contributed by atoms with Crippen molar-refractivity contribution in [1.29, 1.82) is 5.26 Å². The van der Waals surface area contributed by atoms with Gasteiger partial charge in [0.15, 0.2) is 0 Å². The van der Waals surface area contributed by atoms with Gasteiger partial charge in [0.2, 0.25) is 0 Å². The number of hydrogen-bond donors (Lipinski definition) is 1. The Labute approximate surface area is 153 Å². The van der Waals surface area contributed by atoms with Crippen molar-refractivity contribution >= 4 is 11.6 Å². The summed E-state index contributed by atoms with van der Waals surface area (Å²) in [5.74, 6) is 0.0937. The highest BCUT2D eigenvalue weighted by atomic mass is 35.5. The lowest BCUT2D eigenvalue weighted by Crippen LogP contribution is -2.33. The SMILES string of the molecule is CC1CC=C(C(C)(C)CC2NCC(c3cccc(Cl)c3F)C2C#N)O1. The Balaban J connectivity index is 1.78. The molecule has 1 fully saturated rings. The fourth-order valence-electron chi connectivity index (χ4n) is 3.97. The first-order chi connectivity index (χ1) is 11.8. The van der Waals surface area contributed by atoms with E-state index in [0.29, 0.717) is 12.1 Å². The number of hydrogen-bond acceptors (Lipinski definition) is 3. The Hall–Kier alpha value is -1.57. The molecule has 0 radical (unpaired) electrons. The van der Waals surface area contributed by atoms with Gasteiger partial charge >= 0.3 is 0 Å². The first-order valence-corrected chi connectivity index (χ1v) is 9.15. The molecule has 0 aromatic heterocycles. The van der Waals surface area contributed by atoms with Crippen LogP contribution in [0.15, 0.2) is 30.0 Å². The van der Waals surface area contributed by atoms with Crippen LogP contribution >= 0.6 is 11.6 Å². The lowest BCUT2D eigenvalue weighted by molar-refractivity contribution is 0.0999. The molecule has 1 aromatic carbocycles. The van der Waals surface area contributed by atoms with Crippen LogP contribution in [0.3, 0.4) is 0 Å². The van der Waals surface area contributed by atoms with Crippen LogP contribution in [0.5, 0.6) is 0 Å². The molecule has 0 bridgehead atoms. The van der Waals surface area contributed by atoms with Crippen LogP contribution in [0.4, 0.5) is 4.39 Å². The quantitative estimate of drug-likeness (QED) is 0.838. The maximum absolute atomic E-state index is 14.4. The predicted octanol–water partition coefficient (Wildman–Crippen LogP) is 4.78. The number of ether oxygens (including phenoxy) is 1. The fraction of sp³-hybridized carbons (Fsp3) is 0.550. The molecule has 1 N–H and O–H groups in total. The maximum Gasteiger partial charge on any atom is 0.145 e. The number of nitriles is 1. The van der Waals surface area contributed by atoms with Gasteiger partial charge in [0.1, 0.15) is 5.82 Å². The van der Waals surface area contributed by atoms with Gasteiger partial charge in [0.25, 0.3) is 0 Å². The summed E-state index contributed by atoms with van der Waals surface area (Å²) in [4.78, 5) is 0. The van der Waals surface area contributed by atoms with Gasteiger partial charge in [0.05, 0.1) is 28.9 Å². The summed E-state index contributed by atoms with van der Waals surface area (Å²) in [5.41, 5.74) is 0.357. The van der Waals surface area contributed by atoms with Gasteiger partial charge in [-0.2, -0.15) is 5.26 Å². The van der Waals surface area contributed by atoms with E-state index in [9.17, 15) is 9.65 Å². The van der Waals surface area contributed by atoms with Crippen LogP contribution in [0, 0.1) is 28.5 Å². The van der Waals surface area contributed by atoms with Crippen LogP contribution in [0.2, 0.25) is 5.02 Å². The second-order valence-corrected chi connectivity index (χ2v) is 8.15. The zero-order valence-electron chi connectivity index (χ0n) is 14.9. The highest BCUT2D eigenvalue weighted by Crippen LogP contribution is 2.42. The van der Waals surface area contributed by atoms with Crippen LogP contribution in [-0.2, 0) is 4.74 Å². The number of rotatable bonds is 4. The minimum atomic E-state index is -0.410. The minimum Gasteiger partial charge on any atom is -0.495 e. The number of benzene rings is 1. The molecular formula is C20H24ClFN2O. The van der Waals surface area contributed by atoms with E-state index in [0.717, 1.165) is 18.6 Å². The molecule has 2 heterocycles. The summed E-state index contributed by atoms with van der Waals surface area (Å²) in [6, 6.07) is 7.40. The highest BCUT2D eigenvalue weighted by Gasteiger charge is 2.42. The van der Waals surface area contributed by atoms with Gasteiger partial charge in [-0.05, 0) is 31.1 Å². The third kappa shape index (κ3) is 3.54. The molecule has 25 heavy (non-hydrogen) atoms. The Morgan fingerprint density at radius 3 is 2.84 bits per heavy atom. The van der Waals surface area contributed by atoms with Crippen LogP contribution in [0.25, 0.3) is 0 Å². The summed E-state index contributed by atoms with van der Waals surface area (Å²) < 4.78 is 20.3. The van der Waals surface area contributed by atoms with Crippen molar-refractivity contribution < 1.29 is 9.13 Å². The van der Waals surface area contributed by atoms with Crippen molar-refractivity contribution in [1.82, 2.24) is 5.32 Å². The van der Waals surface area contributed by atoms with Crippen molar-refractivity contribution in [3.05, 3.63) is 46.4 Å². The van der Waals surface area contributed by atoms with Crippen LogP contribution in [-0.4, -0.2) is 18.7 Å². The lowest BCUT2D eigenvalue weighted by atomic mass is 9.77. The van der Waals surface area contributed by atoms with Crippen LogP contribution < -0.4 is 5.32 Å². The average Bonchev–Trinajstić information content (AvgIpc) is 3.16. The van der Waals surface area contributed by atoms with Gasteiger partial charge in [-0.15, -0.1) is 0 Å². The molecule has 0 spiro atoms. The van der Waals surface area contributed by atoms with E-state index in [1.807, 2.05) is 0 Å². The molecule has 134 valence electrons. The standard InChI is InChI=1S/C20H24ClFN2O/c1-12-7-8-18(25-12)20(2,3)9-17-14(10-23)15(11-24-17)13-5-4-6-16(21)19(13)22/h4-6,8,12,14-15,17,24H,7,9,11H2,1-3H3. The van der Waals surface area contributed by atoms with Gasteiger partial charge in [0, 0.05) is 30.3 Å². The minimum absolute atomic E-state index is 0.0104.